The largest absolute Gasteiger partial charge is 0.504 e. The third-order valence-corrected chi connectivity index (χ3v) is 4.23. The van der Waals surface area contributed by atoms with E-state index in [0.717, 1.165) is 11.1 Å². The van der Waals surface area contributed by atoms with Crippen molar-refractivity contribution in [3.8, 4) is 23.0 Å². The van der Waals surface area contributed by atoms with E-state index in [2.05, 4.69) is 0 Å². The maximum Gasteiger partial charge on any atom is 0.254 e. The van der Waals surface area contributed by atoms with Crippen LogP contribution in [-0.4, -0.2) is 41.8 Å². The lowest BCUT2D eigenvalue weighted by Crippen LogP contribution is -2.35. The first-order chi connectivity index (χ1) is 11.5. The fourth-order valence-corrected chi connectivity index (χ4v) is 2.90. The van der Waals surface area contributed by atoms with Crippen molar-refractivity contribution in [2.75, 3.05) is 20.8 Å². The molecule has 0 saturated carbocycles. The number of carbonyl (C=O) groups excluding carboxylic acids is 1. The average molecular weight is 329 g/mol. The molecule has 0 bridgehead atoms. The Kier molecular flexibility index (Phi) is 4.20. The Morgan fingerprint density at radius 2 is 1.71 bits per heavy atom. The minimum absolute atomic E-state index is 0.00458. The van der Waals surface area contributed by atoms with E-state index in [1.165, 1.54) is 26.4 Å². The molecule has 24 heavy (non-hydrogen) atoms. The highest BCUT2D eigenvalue weighted by molar-refractivity contribution is 5.95. The van der Waals surface area contributed by atoms with E-state index in [9.17, 15) is 15.0 Å². The van der Waals surface area contributed by atoms with E-state index in [0.29, 0.717) is 30.8 Å². The molecule has 6 heteroatoms. The molecule has 1 amide bonds. The summed E-state index contributed by atoms with van der Waals surface area (Å²) in [7, 11) is 2.95. The second-order valence-corrected chi connectivity index (χ2v) is 5.66. The molecule has 0 unspecified atom stereocenters. The fourth-order valence-electron chi connectivity index (χ4n) is 2.90. The van der Waals surface area contributed by atoms with Crippen molar-refractivity contribution in [2.24, 2.45) is 0 Å². The monoisotopic (exact) mass is 329 g/mol. The van der Waals surface area contributed by atoms with Crippen LogP contribution < -0.4 is 9.47 Å². The van der Waals surface area contributed by atoms with Crippen molar-refractivity contribution >= 4 is 5.91 Å². The van der Waals surface area contributed by atoms with Crippen LogP contribution in [0.3, 0.4) is 0 Å². The van der Waals surface area contributed by atoms with Gasteiger partial charge in [-0.15, -0.1) is 0 Å². The van der Waals surface area contributed by atoms with E-state index in [-0.39, 0.29) is 23.2 Å². The van der Waals surface area contributed by atoms with E-state index >= 15 is 0 Å². The summed E-state index contributed by atoms with van der Waals surface area (Å²) < 4.78 is 10.2. The Morgan fingerprint density at radius 3 is 2.42 bits per heavy atom. The number of fused-ring (bicyclic) bond motifs is 1. The second-order valence-electron chi connectivity index (χ2n) is 5.66. The van der Waals surface area contributed by atoms with Gasteiger partial charge >= 0.3 is 0 Å². The summed E-state index contributed by atoms with van der Waals surface area (Å²) >= 11 is 0. The first kappa shape index (κ1) is 16.0. The number of methoxy groups -OCH3 is 2. The van der Waals surface area contributed by atoms with E-state index < -0.39 is 0 Å². The van der Waals surface area contributed by atoms with Gasteiger partial charge in [0, 0.05) is 18.7 Å². The molecular weight excluding hydrogens is 310 g/mol. The van der Waals surface area contributed by atoms with Gasteiger partial charge in [0.25, 0.3) is 5.91 Å². The van der Waals surface area contributed by atoms with Crippen molar-refractivity contribution in [3.63, 3.8) is 0 Å². The second kappa shape index (κ2) is 6.31. The number of aromatic hydroxyl groups is 2. The number of benzene rings is 2. The highest BCUT2D eigenvalue weighted by atomic mass is 16.5. The molecule has 0 spiro atoms. The van der Waals surface area contributed by atoms with Gasteiger partial charge in [0.05, 0.1) is 14.2 Å². The Bertz CT molecular complexity index is 787. The van der Waals surface area contributed by atoms with Crippen molar-refractivity contribution < 1.29 is 24.5 Å². The standard InChI is InChI=1S/C18H19NO5/c1-23-16-9-12(3-4-14(16)20)18(22)19-6-5-11-8-17(24-2)15(21)7-13(11)10-19/h3-4,7-9,20-21H,5-6,10H2,1-2H3. The van der Waals surface area contributed by atoms with Crippen LogP contribution in [0.2, 0.25) is 0 Å². The highest BCUT2D eigenvalue weighted by Crippen LogP contribution is 2.33. The van der Waals surface area contributed by atoms with Crippen molar-refractivity contribution in [1.29, 1.82) is 0 Å². The van der Waals surface area contributed by atoms with Crippen molar-refractivity contribution in [1.82, 2.24) is 4.90 Å². The number of hydrogen-bond donors (Lipinski definition) is 2. The maximum absolute atomic E-state index is 12.7. The SMILES string of the molecule is COc1cc(C(=O)N2CCc3cc(OC)c(O)cc3C2)ccc1O. The van der Waals surface area contributed by atoms with Gasteiger partial charge in [-0.3, -0.25) is 4.79 Å². The van der Waals surface area contributed by atoms with E-state index in [4.69, 9.17) is 9.47 Å². The molecule has 126 valence electrons. The summed E-state index contributed by atoms with van der Waals surface area (Å²) in [6.07, 6.45) is 0.687. The van der Waals surface area contributed by atoms with Crippen LogP contribution in [0.15, 0.2) is 30.3 Å². The quantitative estimate of drug-likeness (QED) is 0.903. The third-order valence-electron chi connectivity index (χ3n) is 4.23. The minimum atomic E-state index is -0.144. The van der Waals surface area contributed by atoms with Crippen LogP contribution in [0.1, 0.15) is 21.5 Å². The fraction of sp³-hybridized carbons (Fsp3) is 0.278. The Balaban J connectivity index is 1.84. The molecule has 2 aromatic carbocycles. The zero-order valence-electron chi connectivity index (χ0n) is 13.6. The molecule has 6 nitrogen and oxygen atoms in total. The molecule has 1 aliphatic rings. The number of carbonyl (C=O) groups is 1. The van der Waals surface area contributed by atoms with Crippen LogP contribution in [-0.2, 0) is 13.0 Å². The Morgan fingerprint density at radius 1 is 1.00 bits per heavy atom. The maximum atomic E-state index is 12.7. The topological polar surface area (TPSA) is 79.2 Å². The van der Waals surface area contributed by atoms with Crippen LogP contribution in [0.5, 0.6) is 23.0 Å². The molecule has 2 N–H and O–H groups in total. The minimum Gasteiger partial charge on any atom is -0.504 e. The number of phenols is 2. The van der Waals surface area contributed by atoms with Gasteiger partial charge in [-0.1, -0.05) is 0 Å². The molecular formula is C18H19NO5. The van der Waals surface area contributed by atoms with Gasteiger partial charge in [-0.25, -0.2) is 0 Å². The molecule has 1 heterocycles. The number of amides is 1. The van der Waals surface area contributed by atoms with Crippen molar-refractivity contribution in [2.45, 2.75) is 13.0 Å². The summed E-state index contributed by atoms with van der Waals surface area (Å²) in [6.45, 7) is 0.984. The van der Waals surface area contributed by atoms with E-state index in [1.807, 2.05) is 6.07 Å². The van der Waals surface area contributed by atoms with Gasteiger partial charge < -0.3 is 24.6 Å². The zero-order chi connectivity index (χ0) is 17.3. The van der Waals surface area contributed by atoms with Gasteiger partial charge in [-0.05, 0) is 47.9 Å². The molecule has 3 rings (SSSR count). The van der Waals surface area contributed by atoms with Crippen molar-refractivity contribution in [3.05, 3.63) is 47.0 Å². The average Bonchev–Trinajstić information content (AvgIpc) is 2.60. The summed E-state index contributed by atoms with van der Waals surface area (Å²) in [5.74, 6) is 0.624. The van der Waals surface area contributed by atoms with Gasteiger partial charge in [0.2, 0.25) is 0 Å². The molecule has 1 aliphatic heterocycles. The van der Waals surface area contributed by atoms with Gasteiger partial charge in [0.1, 0.15) is 0 Å². The highest BCUT2D eigenvalue weighted by Gasteiger charge is 2.24. The summed E-state index contributed by atoms with van der Waals surface area (Å²) in [5.41, 5.74) is 2.42. The Labute approximate surface area is 139 Å². The number of ether oxygens (including phenoxy) is 2. The molecule has 0 aromatic heterocycles. The molecule has 2 aromatic rings. The van der Waals surface area contributed by atoms with Crippen LogP contribution >= 0.6 is 0 Å². The zero-order valence-corrected chi connectivity index (χ0v) is 13.6. The lowest BCUT2D eigenvalue weighted by molar-refractivity contribution is 0.0734. The Hall–Kier alpha value is -2.89. The van der Waals surface area contributed by atoms with E-state index in [1.54, 1.807) is 17.0 Å². The third kappa shape index (κ3) is 2.82. The molecule has 0 aliphatic carbocycles. The summed E-state index contributed by atoms with van der Waals surface area (Å²) in [5, 5.41) is 19.6. The van der Waals surface area contributed by atoms with Crippen LogP contribution in [0.25, 0.3) is 0 Å². The first-order valence-corrected chi connectivity index (χ1v) is 7.58. The number of hydrogen-bond acceptors (Lipinski definition) is 5. The smallest absolute Gasteiger partial charge is 0.254 e. The first-order valence-electron chi connectivity index (χ1n) is 7.58. The predicted molar refractivity (Wildman–Crippen MR) is 87.8 cm³/mol. The normalized spacial score (nSPS) is 13.3. The summed E-state index contributed by atoms with van der Waals surface area (Å²) in [6, 6.07) is 8.00. The number of nitrogens with zero attached hydrogens (tertiary/aromatic N) is 1. The molecule has 0 saturated heterocycles. The molecule has 0 fully saturated rings. The summed E-state index contributed by atoms with van der Waals surface area (Å²) in [4.78, 5) is 14.4. The predicted octanol–water partition coefficient (Wildman–Crippen LogP) is 2.31. The lowest BCUT2D eigenvalue weighted by Gasteiger charge is -2.29. The van der Waals surface area contributed by atoms with Crippen LogP contribution in [0.4, 0.5) is 0 Å². The molecule has 0 radical (unpaired) electrons. The lowest BCUT2D eigenvalue weighted by atomic mass is 9.98. The number of rotatable bonds is 3. The van der Waals surface area contributed by atoms with Gasteiger partial charge in [-0.2, -0.15) is 0 Å². The number of phenolic OH excluding ortho intramolecular Hbond substituents is 2. The van der Waals surface area contributed by atoms with Crippen LogP contribution in [0, 0.1) is 0 Å². The molecule has 0 atom stereocenters. The van der Waals surface area contributed by atoms with Gasteiger partial charge in [0.15, 0.2) is 23.0 Å².